The summed E-state index contributed by atoms with van der Waals surface area (Å²) in [4.78, 5) is 49.7. The average molecular weight is 364 g/mol. The summed E-state index contributed by atoms with van der Waals surface area (Å²) in [5.41, 5.74) is 0. The molecule has 0 spiro atoms. The molecular weight excluding hydrogens is 341 g/mol. The van der Waals surface area contributed by atoms with Crippen LogP contribution in [0.25, 0.3) is 0 Å². The van der Waals surface area contributed by atoms with E-state index in [1.54, 1.807) is 39.3 Å². The molecule has 0 radical (unpaired) electrons. The van der Waals surface area contributed by atoms with Crippen LogP contribution in [0.1, 0.15) is 0 Å². The summed E-state index contributed by atoms with van der Waals surface area (Å²) in [6, 6.07) is 0. The Hall–Kier alpha value is -0.263. The third kappa shape index (κ3) is 1.20. The van der Waals surface area contributed by atoms with Gasteiger partial charge >= 0.3 is 102 Å². The van der Waals surface area contributed by atoms with Crippen molar-refractivity contribution < 1.29 is 30.2 Å². The average Bonchev–Trinajstić information content (AvgIpc) is 2.20. The van der Waals surface area contributed by atoms with E-state index in [1.165, 1.54) is 0 Å². The third-order valence-corrected chi connectivity index (χ3v) is 81.0. The summed E-state index contributed by atoms with van der Waals surface area (Å²) in [5, 5.41) is 0. The monoisotopic (exact) mass is 364 g/mol. The van der Waals surface area contributed by atoms with Gasteiger partial charge in [-0.05, 0) is 0 Å². The second-order valence-electron chi connectivity index (χ2n) is 6.01. The second-order valence-corrected chi connectivity index (χ2v) is 53.2. The molecule has 4 nitrogen and oxygen atoms in total. The normalized spacial score (nSPS) is 17.5. The van der Waals surface area contributed by atoms with E-state index in [2.05, 4.69) is 0 Å². The first-order valence-electron chi connectivity index (χ1n) is 5.11. The Morgan fingerprint density at radius 1 is 0.588 bits per heavy atom. The molecule has 0 saturated carbocycles. The number of carbonyl (C=O) groups excluding carboxylic acids is 4. The van der Waals surface area contributed by atoms with Gasteiger partial charge in [-0.25, -0.2) is 0 Å². The number of hydrogen-bond donors (Lipinski definition) is 0. The summed E-state index contributed by atoms with van der Waals surface area (Å²) in [6.07, 6.45) is -5.22. The van der Waals surface area contributed by atoms with Gasteiger partial charge in [-0.3, -0.25) is 0 Å². The van der Waals surface area contributed by atoms with Gasteiger partial charge in [0.25, 0.3) is 0 Å². The molecule has 102 valence electrons. The molecule has 0 fully saturated rings. The van der Waals surface area contributed by atoms with Crippen LogP contribution in [0.15, 0.2) is 0 Å². The Kier molecular flexibility index (Phi) is 3.56. The van der Waals surface area contributed by atoms with Crippen LogP contribution in [-0.4, -0.2) is 32.1 Å². The van der Waals surface area contributed by atoms with E-state index < -0.39 is 23.6 Å². The van der Waals surface area contributed by atoms with Gasteiger partial charge in [-0.2, -0.15) is 0 Å². The van der Waals surface area contributed by atoms with Crippen LogP contribution in [-0.2, 0) is 30.2 Å². The van der Waals surface area contributed by atoms with Crippen LogP contribution in [0.3, 0.4) is 0 Å². The maximum atomic E-state index is 11.9. The maximum absolute atomic E-state index is 11.9. The molecule has 7 heteroatoms. The first-order chi connectivity index (χ1) is 7.39. The Morgan fingerprint density at radius 3 is 0.765 bits per heavy atom. The Bertz CT molecular complexity index is 336. The van der Waals surface area contributed by atoms with Gasteiger partial charge in [-0.1, -0.05) is 0 Å². The fraction of sp³-hybridized carbons (Fsp3) is 0.600. The zero-order chi connectivity index (χ0) is 14.2. The standard InChI is InChI=1S/2C3H9Si.4CHO.Ru/c2*1-4(2)3;4*1-2;/h2*1-3H3;4*1H;. The molecule has 0 aliphatic rings. The number of hydrogen-bond acceptors (Lipinski definition) is 4. The van der Waals surface area contributed by atoms with Gasteiger partial charge in [-0.15, -0.1) is 0 Å². The van der Waals surface area contributed by atoms with E-state index in [0.29, 0.717) is 19.5 Å². The van der Waals surface area contributed by atoms with Crippen LogP contribution >= 0.6 is 0 Å². The summed E-state index contributed by atoms with van der Waals surface area (Å²) >= 11 is -5.42. The molecular formula is C10H22O4RuSi2. The first-order valence-corrected chi connectivity index (χ1v) is 21.0. The van der Waals surface area contributed by atoms with Gasteiger partial charge in [0, 0.05) is 0 Å². The van der Waals surface area contributed by atoms with E-state index in [4.69, 9.17) is 0 Å². The van der Waals surface area contributed by atoms with Crippen molar-refractivity contribution in [3.63, 3.8) is 0 Å². The minimum atomic E-state index is -5.42. The van der Waals surface area contributed by atoms with E-state index in [9.17, 15) is 19.2 Å². The minimum absolute atomic E-state index is 0.508. The molecule has 0 atom stereocenters. The van der Waals surface area contributed by atoms with Gasteiger partial charge in [0.05, 0.1) is 0 Å². The van der Waals surface area contributed by atoms with Gasteiger partial charge in [0.15, 0.2) is 0 Å². The topological polar surface area (TPSA) is 68.3 Å². The fourth-order valence-electron chi connectivity index (χ4n) is 1.91. The van der Waals surface area contributed by atoms with Crippen LogP contribution in [0.2, 0.25) is 39.3 Å². The molecule has 0 amide bonds. The van der Waals surface area contributed by atoms with Crippen molar-refractivity contribution in [3.8, 4) is 0 Å². The van der Waals surface area contributed by atoms with E-state index in [1.807, 2.05) is 0 Å². The van der Waals surface area contributed by atoms with Crippen molar-refractivity contribution in [3.05, 3.63) is 0 Å². The summed E-state index contributed by atoms with van der Waals surface area (Å²) in [6.45, 7) is 10.7. The summed E-state index contributed by atoms with van der Waals surface area (Å²) in [7, 11) is 0. The molecule has 0 aliphatic carbocycles. The van der Waals surface area contributed by atoms with Crippen molar-refractivity contribution >= 4 is 32.1 Å². The van der Waals surface area contributed by atoms with E-state index in [-0.39, 0.29) is 0 Å². The molecule has 0 aromatic carbocycles. The van der Waals surface area contributed by atoms with Gasteiger partial charge in [0.1, 0.15) is 0 Å². The third-order valence-electron chi connectivity index (χ3n) is 3.89. The Labute approximate surface area is 101 Å². The van der Waals surface area contributed by atoms with Crippen molar-refractivity contribution in [2.24, 2.45) is 0 Å². The van der Waals surface area contributed by atoms with Crippen LogP contribution < -0.4 is 0 Å². The SMILES string of the molecule is C[Si](C)(C)[Ru]([CH]=O)([CH]=O)([CH]=O)([CH]=O)[Si](C)(C)C. The van der Waals surface area contributed by atoms with Crippen molar-refractivity contribution in [1.29, 1.82) is 0 Å². The number of carbonyl (C=O) groups is 4. The first kappa shape index (κ1) is 16.7. The molecule has 0 aromatic heterocycles. The summed E-state index contributed by atoms with van der Waals surface area (Å²) < 4.78 is 0. The molecule has 0 heterocycles. The molecule has 0 rings (SSSR count). The van der Waals surface area contributed by atoms with Crippen LogP contribution in [0, 0.1) is 0 Å². The predicted molar refractivity (Wildman–Crippen MR) is 73.7 cm³/mol. The molecule has 0 aliphatic heterocycles. The molecule has 0 aromatic rings. The Balaban J connectivity index is 7.27. The van der Waals surface area contributed by atoms with Crippen LogP contribution in [0.5, 0.6) is 0 Å². The summed E-state index contributed by atoms with van der Waals surface area (Å²) in [5.74, 6) is 0. The van der Waals surface area contributed by atoms with E-state index >= 15 is 0 Å². The predicted octanol–water partition coefficient (Wildman–Crippen LogP) is 1.64. The van der Waals surface area contributed by atoms with E-state index in [0.717, 1.165) is 0 Å². The van der Waals surface area contributed by atoms with Crippen LogP contribution in [0.4, 0.5) is 0 Å². The van der Waals surface area contributed by atoms with Crippen molar-refractivity contribution in [1.82, 2.24) is 0 Å². The van der Waals surface area contributed by atoms with Gasteiger partial charge < -0.3 is 0 Å². The molecule has 0 N–H and O–H groups in total. The van der Waals surface area contributed by atoms with Crippen molar-refractivity contribution in [2.45, 2.75) is 39.3 Å². The zero-order valence-corrected chi connectivity index (χ0v) is 15.0. The van der Waals surface area contributed by atoms with Gasteiger partial charge in [0.2, 0.25) is 0 Å². The number of rotatable bonds is 6. The Morgan fingerprint density at radius 2 is 0.765 bits per heavy atom. The molecule has 0 bridgehead atoms. The molecule has 0 saturated heterocycles. The van der Waals surface area contributed by atoms with Crippen molar-refractivity contribution in [2.75, 3.05) is 0 Å². The zero-order valence-electron chi connectivity index (χ0n) is 11.3. The molecule has 0 unspecified atom stereocenters. The quantitative estimate of drug-likeness (QED) is 0.531. The molecule has 17 heavy (non-hydrogen) atoms. The fourth-order valence-corrected chi connectivity index (χ4v) is 60.8. The second kappa shape index (κ2) is 3.62.